The maximum atomic E-state index is 4.33. The van der Waals surface area contributed by atoms with Crippen LogP contribution in [-0.4, -0.2) is 5.48 Å². The SMILES string of the molecule is C=Cc1c(C=C)c(-c2ccc3cc(P(c4ccccc4)c4ccccc4)ccc3c2)c2ccccc2c1-c1ccc(-c2ccccc2)cc1.O. The third-order valence-electron chi connectivity index (χ3n) is 9.38. The van der Waals surface area contributed by atoms with E-state index in [0.29, 0.717) is 0 Å². The molecule has 0 amide bonds. The van der Waals surface area contributed by atoms with Gasteiger partial charge in [-0.1, -0.05) is 189 Å². The Hall–Kier alpha value is -5.85. The van der Waals surface area contributed by atoms with Crippen LogP contribution in [0.4, 0.5) is 0 Å². The van der Waals surface area contributed by atoms with Gasteiger partial charge in [-0.25, -0.2) is 0 Å². The van der Waals surface area contributed by atoms with Crippen molar-refractivity contribution >= 4 is 57.5 Å². The highest BCUT2D eigenvalue weighted by Gasteiger charge is 2.20. The zero-order valence-corrected chi connectivity index (χ0v) is 28.7. The lowest BCUT2D eigenvalue weighted by molar-refractivity contribution is 0.824. The van der Waals surface area contributed by atoms with Gasteiger partial charge in [-0.2, -0.15) is 0 Å². The average molecular weight is 661 g/mol. The van der Waals surface area contributed by atoms with Gasteiger partial charge in [0, 0.05) is 0 Å². The summed E-state index contributed by atoms with van der Waals surface area (Å²) in [7, 11) is -0.674. The minimum atomic E-state index is -0.674. The summed E-state index contributed by atoms with van der Waals surface area (Å²) in [4.78, 5) is 0. The van der Waals surface area contributed by atoms with Gasteiger partial charge < -0.3 is 5.48 Å². The molecule has 0 aliphatic rings. The second-order valence-electron chi connectivity index (χ2n) is 12.2. The van der Waals surface area contributed by atoms with Gasteiger partial charge in [-0.05, 0) is 102 Å². The average Bonchev–Trinajstić information content (AvgIpc) is 3.18. The van der Waals surface area contributed by atoms with E-state index in [1.165, 1.54) is 70.8 Å². The van der Waals surface area contributed by atoms with Crippen LogP contribution >= 0.6 is 7.92 Å². The van der Waals surface area contributed by atoms with Crippen LogP contribution in [0, 0.1) is 0 Å². The monoisotopic (exact) mass is 660 g/mol. The largest absolute Gasteiger partial charge is 0.412 e. The molecule has 0 fully saturated rings. The van der Waals surface area contributed by atoms with E-state index >= 15 is 0 Å². The minimum Gasteiger partial charge on any atom is -0.412 e. The van der Waals surface area contributed by atoms with Crippen molar-refractivity contribution in [3.8, 4) is 33.4 Å². The molecule has 0 aromatic heterocycles. The van der Waals surface area contributed by atoms with E-state index < -0.39 is 7.92 Å². The van der Waals surface area contributed by atoms with Gasteiger partial charge >= 0.3 is 0 Å². The second kappa shape index (κ2) is 14.3. The molecule has 240 valence electrons. The molecule has 0 saturated heterocycles. The van der Waals surface area contributed by atoms with Crippen LogP contribution in [0.5, 0.6) is 0 Å². The summed E-state index contributed by atoms with van der Waals surface area (Å²) in [6.07, 6.45) is 4.00. The zero-order chi connectivity index (χ0) is 33.2. The number of fused-ring (bicyclic) bond motifs is 2. The van der Waals surface area contributed by atoms with Crippen LogP contribution in [0.3, 0.4) is 0 Å². The van der Waals surface area contributed by atoms with Gasteiger partial charge in [0.15, 0.2) is 0 Å². The number of rotatable bonds is 8. The maximum Gasteiger partial charge on any atom is -0.00264 e. The molecule has 0 unspecified atom stereocenters. The van der Waals surface area contributed by atoms with E-state index in [4.69, 9.17) is 0 Å². The number of hydrogen-bond donors (Lipinski definition) is 0. The molecule has 0 bridgehead atoms. The Labute approximate surface area is 295 Å². The lowest BCUT2D eigenvalue weighted by atomic mass is 9.83. The quantitative estimate of drug-likeness (QED) is 0.145. The van der Waals surface area contributed by atoms with Crippen LogP contribution in [0.25, 0.3) is 67.1 Å². The van der Waals surface area contributed by atoms with Crippen LogP contribution in [0.1, 0.15) is 11.1 Å². The lowest BCUT2D eigenvalue weighted by Crippen LogP contribution is -2.20. The molecule has 8 aromatic carbocycles. The fourth-order valence-corrected chi connectivity index (χ4v) is 9.44. The van der Waals surface area contributed by atoms with Crippen molar-refractivity contribution in [2.75, 3.05) is 0 Å². The topological polar surface area (TPSA) is 31.5 Å². The third-order valence-corrected chi connectivity index (χ3v) is 11.8. The summed E-state index contributed by atoms with van der Waals surface area (Å²) in [6.45, 7) is 8.64. The summed E-state index contributed by atoms with van der Waals surface area (Å²) < 4.78 is 0. The van der Waals surface area contributed by atoms with E-state index in [2.05, 4.69) is 189 Å². The van der Waals surface area contributed by atoms with Crippen molar-refractivity contribution in [3.63, 3.8) is 0 Å². The Morgan fingerprint density at radius 3 is 1.34 bits per heavy atom. The van der Waals surface area contributed by atoms with Crippen molar-refractivity contribution < 1.29 is 5.48 Å². The van der Waals surface area contributed by atoms with Crippen molar-refractivity contribution in [2.24, 2.45) is 0 Å². The molecule has 0 radical (unpaired) electrons. The standard InChI is InChI=1S/C48H35P.H2O/c1-3-43-44(4-2)48(46-23-15-14-22-45(46)47(43)36-26-24-35(25-27-36)34-16-8-5-9-17-34)39-29-28-38-33-42(31-30-37(38)32-39)49(40-18-10-6-11-19-40)41-20-12-7-13-21-41;/h3-33H,1-2H2;1H2. The molecule has 8 aromatic rings. The predicted octanol–water partition coefficient (Wildman–Crippen LogP) is 11.2. The highest BCUT2D eigenvalue weighted by Crippen LogP contribution is 2.44. The number of hydrogen-bond acceptors (Lipinski definition) is 0. The first kappa shape index (κ1) is 32.7. The van der Waals surface area contributed by atoms with E-state index in [1.807, 2.05) is 12.2 Å². The summed E-state index contributed by atoms with van der Waals surface area (Å²) in [6, 6.07) is 63.9. The Morgan fingerprint density at radius 2 is 0.780 bits per heavy atom. The normalized spacial score (nSPS) is 11.0. The molecule has 0 atom stereocenters. The van der Waals surface area contributed by atoms with Crippen molar-refractivity contribution in [1.29, 1.82) is 0 Å². The van der Waals surface area contributed by atoms with Gasteiger partial charge in [0.25, 0.3) is 0 Å². The first-order valence-corrected chi connectivity index (χ1v) is 18.0. The third kappa shape index (κ3) is 5.99. The smallest absolute Gasteiger partial charge is 0.00264 e. The second-order valence-corrected chi connectivity index (χ2v) is 14.4. The summed E-state index contributed by atoms with van der Waals surface area (Å²) in [5.41, 5.74) is 9.33. The van der Waals surface area contributed by atoms with Crippen LogP contribution in [0.2, 0.25) is 0 Å². The van der Waals surface area contributed by atoms with Crippen LogP contribution in [0.15, 0.2) is 189 Å². The first-order valence-electron chi connectivity index (χ1n) is 16.7. The highest BCUT2D eigenvalue weighted by molar-refractivity contribution is 7.79. The molecule has 0 aliphatic carbocycles. The summed E-state index contributed by atoms with van der Waals surface area (Å²) >= 11 is 0. The van der Waals surface area contributed by atoms with Crippen molar-refractivity contribution in [2.45, 2.75) is 0 Å². The van der Waals surface area contributed by atoms with Gasteiger partial charge in [0.05, 0.1) is 0 Å². The Balaban J connectivity index is 0.00000392. The molecular weight excluding hydrogens is 624 g/mol. The highest BCUT2D eigenvalue weighted by atomic mass is 31.1. The first-order chi connectivity index (χ1) is 24.2. The molecule has 50 heavy (non-hydrogen) atoms. The van der Waals surface area contributed by atoms with Crippen LogP contribution in [-0.2, 0) is 0 Å². The fourth-order valence-electron chi connectivity index (χ4n) is 7.11. The Kier molecular flexibility index (Phi) is 9.37. The maximum absolute atomic E-state index is 4.33. The molecule has 8 rings (SSSR count). The Bertz CT molecular complexity index is 2410. The minimum absolute atomic E-state index is 0. The molecule has 2 heteroatoms. The Morgan fingerprint density at radius 1 is 0.360 bits per heavy atom. The van der Waals surface area contributed by atoms with Gasteiger partial charge in [-0.3, -0.25) is 0 Å². The predicted molar refractivity (Wildman–Crippen MR) is 220 cm³/mol. The molecule has 2 N–H and O–H groups in total. The fraction of sp³-hybridized carbons (Fsp3) is 0. The van der Waals surface area contributed by atoms with E-state index in [-0.39, 0.29) is 5.48 Å². The van der Waals surface area contributed by atoms with Crippen molar-refractivity contribution in [1.82, 2.24) is 0 Å². The van der Waals surface area contributed by atoms with Crippen molar-refractivity contribution in [3.05, 3.63) is 200 Å². The molecule has 0 spiro atoms. The summed E-state index contributed by atoms with van der Waals surface area (Å²) in [5, 5.41) is 8.93. The van der Waals surface area contributed by atoms with E-state index in [1.54, 1.807) is 0 Å². The van der Waals surface area contributed by atoms with Gasteiger partial charge in [0.1, 0.15) is 0 Å². The van der Waals surface area contributed by atoms with Crippen LogP contribution < -0.4 is 15.9 Å². The molecule has 0 aliphatic heterocycles. The molecule has 0 saturated carbocycles. The van der Waals surface area contributed by atoms with E-state index in [9.17, 15) is 0 Å². The zero-order valence-electron chi connectivity index (χ0n) is 27.8. The molecular formula is C48H37OP. The molecule has 1 nitrogen and oxygen atoms in total. The van der Waals surface area contributed by atoms with Gasteiger partial charge in [0.2, 0.25) is 0 Å². The van der Waals surface area contributed by atoms with E-state index in [0.717, 1.165) is 11.1 Å². The van der Waals surface area contributed by atoms with Gasteiger partial charge in [-0.15, -0.1) is 0 Å². The number of benzene rings is 8. The lowest BCUT2D eigenvalue weighted by Gasteiger charge is -2.21. The molecule has 0 heterocycles. The summed E-state index contributed by atoms with van der Waals surface area (Å²) in [5.74, 6) is 0.